The fourth-order valence-electron chi connectivity index (χ4n) is 3.29. The number of carbonyl (C=O) groups is 2. The molecule has 162 valence electrons. The van der Waals surface area contributed by atoms with Gasteiger partial charge in [0.05, 0.1) is 19.4 Å². The lowest BCUT2D eigenvalue weighted by Gasteiger charge is -2.12. The quantitative estimate of drug-likeness (QED) is 0.516. The molecule has 9 heteroatoms. The molecule has 3 aromatic rings. The van der Waals surface area contributed by atoms with Crippen LogP contribution in [0, 0.1) is 6.92 Å². The van der Waals surface area contributed by atoms with Crippen LogP contribution in [-0.2, 0) is 17.8 Å². The number of nitrogens with zero attached hydrogens (tertiary/aromatic N) is 1. The van der Waals surface area contributed by atoms with Crippen LogP contribution in [-0.4, -0.2) is 28.5 Å². The third-order valence-electron chi connectivity index (χ3n) is 4.95. The van der Waals surface area contributed by atoms with E-state index >= 15 is 0 Å². The number of oxazole rings is 1. The van der Waals surface area contributed by atoms with Crippen molar-refractivity contribution in [2.24, 2.45) is 0 Å². The van der Waals surface area contributed by atoms with E-state index in [-0.39, 0.29) is 17.0 Å². The molecule has 1 fully saturated rings. The molecule has 31 heavy (non-hydrogen) atoms. The van der Waals surface area contributed by atoms with Crippen LogP contribution in [0.2, 0.25) is 0 Å². The van der Waals surface area contributed by atoms with Gasteiger partial charge in [0, 0.05) is 11.8 Å². The Morgan fingerprint density at radius 1 is 1.23 bits per heavy atom. The Balaban J connectivity index is 1.35. The predicted octanol–water partition coefficient (Wildman–Crippen LogP) is 4.50. The summed E-state index contributed by atoms with van der Waals surface area (Å²) in [7, 11) is 1.59. The number of hydrogen-bond donors (Lipinski definition) is 1. The number of benzene rings is 1. The van der Waals surface area contributed by atoms with E-state index in [1.807, 2.05) is 25.1 Å². The maximum Gasteiger partial charge on any atom is 0.287 e. The van der Waals surface area contributed by atoms with Crippen molar-refractivity contribution in [1.29, 1.82) is 0 Å². The van der Waals surface area contributed by atoms with E-state index in [4.69, 9.17) is 18.3 Å². The van der Waals surface area contributed by atoms with Crippen molar-refractivity contribution in [2.45, 2.75) is 38.8 Å². The third kappa shape index (κ3) is 4.93. The molecule has 2 aromatic heterocycles. The number of methoxy groups -OCH3 is 1. The van der Waals surface area contributed by atoms with Crippen molar-refractivity contribution in [1.82, 2.24) is 10.3 Å². The molecular formula is C22H22N2O6S. The molecule has 0 spiro atoms. The van der Waals surface area contributed by atoms with E-state index < -0.39 is 6.04 Å². The van der Waals surface area contributed by atoms with Gasteiger partial charge in [-0.05, 0) is 56.0 Å². The van der Waals surface area contributed by atoms with E-state index in [1.54, 1.807) is 25.5 Å². The van der Waals surface area contributed by atoms with Crippen LogP contribution < -0.4 is 14.8 Å². The summed E-state index contributed by atoms with van der Waals surface area (Å²) in [4.78, 5) is 27.4. The van der Waals surface area contributed by atoms with E-state index in [9.17, 15) is 9.59 Å². The fourth-order valence-corrected chi connectivity index (χ4v) is 4.00. The highest BCUT2D eigenvalue weighted by Crippen LogP contribution is 2.30. The Bertz CT molecular complexity index is 1080. The van der Waals surface area contributed by atoms with Crippen molar-refractivity contribution < 1.29 is 27.9 Å². The zero-order valence-electron chi connectivity index (χ0n) is 17.2. The molecule has 0 saturated carbocycles. The number of furan rings is 1. The van der Waals surface area contributed by atoms with Crippen molar-refractivity contribution in [3.05, 3.63) is 53.6 Å². The van der Waals surface area contributed by atoms with Crippen molar-refractivity contribution in [2.75, 3.05) is 7.11 Å². The topological polar surface area (TPSA) is 104 Å². The summed E-state index contributed by atoms with van der Waals surface area (Å²) in [5.41, 5.74) is 1.74. The first-order chi connectivity index (χ1) is 15.0. The highest BCUT2D eigenvalue weighted by molar-refractivity contribution is 8.26. The van der Waals surface area contributed by atoms with Gasteiger partial charge in [0.2, 0.25) is 5.12 Å². The van der Waals surface area contributed by atoms with Gasteiger partial charge in [0.1, 0.15) is 18.1 Å². The maximum atomic E-state index is 11.7. The number of aryl methyl sites for hydroxylation is 2. The van der Waals surface area contributed by atoms with Gasteiger partial charge in [0.25, 0.3) is 11.1 Å². The minimum Gasteiger partial charge on any atom is -0.493 e. The molecule has 1 aromatic carbocycles. The predicted molar refractivity (Wildman–Crippen MR) is 114 cm³/mol. The number of thioether (sulfide) groups is 1. The number of aromatic nitrogens is 1. The number of ether oxygens (including phenoxy) is 2. The van der Waals surface area contributed by atoms with E-state index in [0.717, 1.165) is 30.2 Å². The first-order valence-corrected chi connectivity index (χ1v) is 10.7. The van der Waals surface area contributed by atoms with Crippen molar-refractivity contribution >= 4 is 22.1 Å². The first kappa shape index (κ1) is 21.0. The van der Waals surface area contributed by atoms with Gasteiger partial charge >= 0.3 is 0 Å². The number of rotatable bonds is 9. The molecule has 1 atom stereocenters. The third-order valence-corrected chi connectivity index (χ3v) is 5.73. The molecule has 8 nitrogen and oxygen atoms in total. The molecule has 1 amide bonds. The Kier molecular flexibility index (Phi) is 6.31. The lowest BCUT2D eigenvalue weighted by atomic mass is 10.0. The molecule has 1 N–H and O–H groups in total. The second-order valence-corrected chi connectivity index (χ2v) is 8.05. The minimum atomic E-state index is -0.390. The average molecular weight is 442 g/mol. The largest absolute Gasteiger partial charge is 0.493 e. The molecule has 3 heterocycles. The van der Waals surface area contributed by atoms with Crippen LogP contribution in [0.4, 0.5) is 4.79 Å². The van der Waals surface area contributed by atoms with Gasteiger partial charge in [-0.15, -0.1) is 0 Å². The van der Waals surface area contributed by atoms with Crippen molar-refractivity contribution in [3.63, 3.8) is 0 Å². The molecule has 1 unspecified atom stereocenters. The maximum absolute atomic E-state index is 11.7. The van der Waals surface area contributed by atoms with E-state index in [2.05, 4.69) is 10.3 Å². The summed E-state index contributed by atoms with van der Waals surface area (Å²) < 4.78 is 22.4. The lowest BCUT2D eigenvalue weighted by molar-refractivity contribution is -0.112. The fraction of sp³-hybridized carbons (Fsp3) is 0.318. The Morgan fingerprint density at radius 2 is 2.10 bits per heavy atom. The van der Waals surface area contributed by atoms with Crippen LogP contribution in [0.3, 0.4) is 0 Å². The first-order valence-electron chi connectivity index (χ1n) is 9.85. The number of nitrogens with one attached hydrogen (secondary N) is 1. The lowest BCUT2D eigenvalue weighted by Crippen LogP contribution is -2.28. The molecule has 1 aliphatic rings. The van der Waals surface area contributed by atoms with E-state index in [0.29, 0.717) is 41.0 Å². The smallest absolute Gasteiger partial charge is 0.287 e. The minimum absolute atomic E-state index is 0.107. The number of amides is 1. The van der Waals surface area contributed by atoms with Gasteiger partial charge in [0.15, 0.2) is 17.3 Å². The van der Waals surface area contributed by atoms with Crippen LogP contribution in [0.25, 0.3) is 11.7 Å². The van der Waals surface area contributed by atoms with Crippen LogP contribution in [0.5, 0.6) is 11.5 Å². The Morgan fingerprint density at radius 3 is 2.81 bits per heavy atom. The molecular weight excluding hydrogens is 420 g/mol. The number of carbonyl (C=O) groups excluding carboxylic acids is 2. The molecule has 0 radical (unpaired) electrons. The average Bonchev–Trinajstić information content (AvgIpc) is 3.48. The summed E-state index contributed by atoms with van der Waals surface area (Å²) in [6, 6.07) is 8.91. The summed E-state index contributed by atoms with van der Waals surface area (Å²) >= 11 is 0.746. The molecule has 1 aliphatic heterocycles. The summed E-state index contributed by atoms with van der Waals surface area (Å²) in [5.74, 6) is 2.86. The second-order valence-electron chi connectivity index (χ2n) is 7.07. The van der Waals surface area contributed by atoms with Gasteiger partial charge in [-0.2, -0.15) is 0 Å². The SMILES string of the molecule is COc1cc(CCCC2NC(=O)SC2=O)ccc1OCc1nc(-c2ccco2)oc1C. The molecule has 0 bridgehead atoms. The summed E-state index contributed by atoms with van der Waals surface area (Å²) in [6.07, 6.45) is 3.71. The standard InChI is InChI=1S/C22H22N2O6S/c1-13-16(23-20(30-13)18-7-4-10-28-18)12-29-17-9-8-14(11-19(17)27-2)5-3-6-15-21(25)31-22(26)24-15/h4,7-11,15H,3,5-6,12H2,1-2H3,(H,24,26). The van der Waals surface area contributed by atoms with Gasteiger partial charge in [-0.3, -0.25) is 9.59 Å². The molecule has 0 aliphatic carbocycles. The Labute approximate surface area is 183 Å². The van der Waals surface area contributed by atoms with Crippen molar-refractivity contribution in [3.8, 4) is 23.1 Å². The number of hydrogen-bond acceptors (Lipinski definition) is 8. The zero-order chi connectivity index (χ0) is 21.8. The highest BCUT2D eigenvalue weighted by atomic mass is 32.2. The van der Waals surface area contributed by atoms with E-state index in [1.165, 1.54) is 0 Å². The van der Waals surface area contributed by atoms with Gasteiger partial charge in [-0.1, -0.05) is 6.07 Å². The molecule has 4 rings (SSSR count). The molecule has 1 saturated heterocycles. The summed E-state index contributed by atoms with van der Waals surface area (Å²) in [5, 5.41) is 2.31. The highest BCUT2D eigenvalue weighted by Gasteiger charge is 2.30. The second kappa shape index (κ2) is 9.30. The van der Waals surface area contributed by atoms with Crippen LogP contribution in [0.1, 0.15) is 29.9 Å². The summed E-state index contributed by atoms with van der Waals surface area (Å²) in [6.45, 7) is 2.06. The monoisotopic (exact) mass is 442 g/mol. The Hall–Kier alpha value is -3.20. The van der Waals surface area contributed by atoms with Gasteiger partial charge < -0.3 is 23.6 Å². The zero-order valence-corrected chi connectivity index (χ0v) is 18.0. The van der Waals surface area contributed by atoms with Crippen LogP contribution >= 0.6 is 11.8 Å². The van der Waals surface area contributed by atoms with Crippen LogP contribution in [0.15, 0.2) is 45.4 Å². The normalized spacial score (nSPS) is 15.9. The van der Waals surface area contributed by atoms with Gasteiger partial charge in [-0.25, -0.2) is 4.98 Å².